The molecule has 0 radical (unpaired) electrons. The van der Waals surface area contributed by atoms with Crippen molar-refractivity contribution in [2.45, 2.75) is 51.9 Å². The molecule has 6 nitrogen and oxygen atoms in total. The lowest BCUT2D eigenvalue weighted by atomic mass is 9.66. The third kappa shape index (κ3) is 5.64. The molecule has 0 spiro atoms. The number of benzene rings is 2. The summed E-state index contributed by atoms with van der Waals surface area (Å²) in [6.07, 6.45) is 6.58. The van der Waals surface area contributed by atoms with Crippen LogP contribution >= 0.6 is 7.82 Å². The zero-order valence-corrected chi connectivity index (χ0v) is 25.0. The van der Waals surface area contributed by atoms with Crippen molar-refractivity contribution in [3.05, 3.63) is 83.9 Å². The van der Waals surface area contributed by atoms with Crippen molar-refractivity contribution in [3.63, 3.8) is 0 Å². The molecule has 0 N–H and O–H groups in total. The molecule has 0 unspecified atom stereocenters. The van der Waals surface area contributed by atoms with Crippen LogP contribution in [0.1, 0.15) is 63.0 Å². The van der Waals surface area contributed by atoms with Gasteiger partial charge in [0.1, 0.15) is 0 Å². The molecule has 0 aromatic heterocycles. The Morgan fingerprint density at radius 1 is 1.07 bits per heavy atom. The van der Waals surface area contributed by atoms with Crippen LogP contribution in [-0.2, 0) is 22.9 Å². The van der Waals surface area contributed by atoms with Crippen molar-refractivity contribution in [1.82, 2.24) is 4.90 Å². The second-order valence-corrected chi connectivity index (χ2v) is 13.9. The average molecular weight is 576 g/mol. The molecule has 2 saturated heterocycles. The van der Waals surface area contributed by atoms with Gasteiger partial charge in [0, 0.05) is 30.8 Å². The fourth-order valence-corrected chi connectivity index (χ4v) is 9.04. The number of carbonyl (C=O) groups is 1. The van der Waals surface area contributed by atoms with Crippen molar-refractivity contribution in [1.29, 1.82) is 0 Å². The first-order valence-electron chi connectivity index (χ1n) is 15.2. The van der Waals surface area contributed by atoms with Gasteiger partial charge in [-0.1, -0.05) is 79.7 Å². The van der Waals surface area contributed by atoms with Gasteiger partial charge in [-0.05, 0) is 72.6 Å². The Bertz CT molecular complexity index is 1330. The van der Waals surface area contributed by atoms with Crippen molar-refractivity contribution < 1.29 is 22.9 Å². The van der Waals surface area contributed by atoms with E-state index >= 15 is 0 Å². The molecule has 0 bridgehead atoms. The zero-order valence-electron chi connectivity index (χ0n) is 24.1. The van der Waals surface area contributed by atoms with Gasteiger partial charge in [-0.25, -0.2) is 4.57 Å². The van der Waals surface area contributed by atoms with Crippen LogP contribution < -0.4 is 0 Å². The number of likely N-dealkylation sites (tertiary alicyclic amines) is 1. The highest BCUT2D eigenvalue weighted by atomic mass is 31.2. The van der Waals surface area contributed by atoms with E-state index in [0.29, 0.717) is 44.6 Å². The van der Waals surface area contributed by atoms with Crippen LogP contribution in [0.5, 0.6) is 0 Å². The zero-order chi connectivity index (χ0) is 28.5. The summed E-state index contributed by atoms with van der Waals surface area (Å²) in [6, 6.07) is 21.6. The van der Waals surface area contributed by atoms with E-state index in [4.69, 9.17) is 20.2 Å². The summed E-state index contributed by atoms with van der Waals surface area (Å²) in [4.78, 5) is 15.1. The lowest BCUT2D eigenvalue weighted by Crippen LogP contribution is -2.29. The van der Waals surface area contributed by atoms with E-state index < -0.39 is 7.82 Å². The Hall–Kier alpha value is -2.50. The highest BCUT2D eigenvalue weighted by Crippen LogP contribution is 2.67. The second-order valence-electron chi connectivity index (χ2n) is 12.2. The molecule has 41 heavy (non-hydrogen) atoms. The van der Waals surface area contributed by atoms with Gasteiger partial charge in [0.2, 0.25) is 5.91 Å². The first-order chi connectivity index (χ1) is 19.9. The Morgan fingerprint density at radius 2 is 1.78 bits per heavy atom. The summed E-state index contributed by atoms with van der Waals surface area (Å²) in [5, 5.41) is 0. The average Bonchev–Trinajstić information content (AvgIpc) is 3.78. The van der Waals surface area contributed by atoms with Crippen LogP contribution in [-0.4, -0.2) is 43.7 Å². The van der Waals surface area contributed by atoms with E-state index in [2.05, 4.69) is 67.6 Å². The van der Waals surface area contributed by atoms with Gasteiger partial charge in [0.25, 0.3) is 0 Å². The minimum atomic E-state index is -3.39. The maximum atomic E-state index is 13.2. The van der Waals surface area contributed by atoms with Gasteiger partial charge in [-0.2, -0.15) is 0 Å². The molecule has 2 heterocycles. The predicted molar refractivity (Wildman–Crippen MR) is 162 cm³/mol. The number of nitrogens with zero attached hydrogens (tertiary/aromatic N) is 1. The molecule has 4 aliphatic rings. The fraction of sp³-hybridized carbons (Fsp3) is 0.500. The normalized spacial score (nSPS) is 28.8. The highest BCUT2D eigenvalue weighted by Gasteiger charge is 2.55. The van der Waals surface area contributed by atoms with E-state index in [0.717, 1.165) is 38.6 Å². The Morgan fingerprint density at radius 3 is 2.51 bits per heavy atom. The highest BCUT2D eigenvalue weighted by molar-refractivity contribution is 7.48. The van der Waals surface area contributed by atoms with Gasteiger partial charge in [0.05, 0.1) is 19.8 Å². The van der Waals surface area contributed by atoms with Gasteiger partial charge in [-0.3, -0.25) is 18.4 Å². The van der Waals surface area contributed by atoms with Gasteiger partial charge in [0.15, 0.2) is 0 Å². The number of phosphoric acid groups is 1. The van der Waals surface area contributed by atoms with Crippen LogP contribution in [0.15, 0.2) is 72.8 Å². The van der Waals surface area contributed by atoms with Crippen LogP contribution in [0.2, 0.25) is 0 Å². The van der Waals surface area contributed by atoms with E-state index in [1.807, 2.05) is 4.90 Å². The quantitative estimate of drug-likeness (QED) is 0.271. The Labute approximate surface area is 244 Å². The molecule has 1 saturated carbocycles. The summed E-state index contributed by atoms with van der Waals surface area (Å²) >= 11 is 0. The number of hydrogen-bond acceptors (Lipinski definition) is 5. The Balaban J connectivity index is 1.15. The minimum Gasteiger partial charge on any atom is -0.342 e. The third-order valence-electron chi connectivity index (χ3n) is 9.86. The maximum Gasteiger partial charge on any atom is 0.474 e. The molecule has 218 valence electrons. The molecular formula is C34H42NO5P. The molecule has 3 fully saturated rings. The van der Waals surface area contributed by atoms with Crippen molar-refractivity contribution in [3.8, 4) is 0 Å². The first-order valence-corrected chi connectivity index (χ1v) is 16.7. The molecule has 2 aromatic rings. The van der Waals surface area contributed by atoms with Crippen molar-refractivity contribution >= 4 is 24.9 Å². The van der Waals surface area contributed by atoms with Crippen molar-refractivity contribution in [2.24, 2.45) is 23.2 Å². The predicted octanol–water partition coefficient (Wildman–Crippen LogP) is 7.78. The Kier molecular flexibility index (Phi) is 8.38. The maximum absolute atomic E-state index is 13.2. The molecule has 6 rings (SSSR count). The van der Waals surface area contributed by atoms with E-state index in [1.165, 1.54) is 34.3 Å². The monoisotopic (exact) mass is 575 g/mol. The van der Waals surface area contributed by atoms with Crippen LogP contribution in [0.3, 0.4) is 0 Å². The largest absolute Gasteiger partial charge is 0.474 e. The summed E-state index contributed by atoms with van der Waals surface area (Å²) in [5.74, 6) is 1.53. The number of rotatable bonds is 10. The van der Waals surface area contributed by atoms with E-state index in [1.54, 1.807) is 0 Å². The molecule has 7 heteroatoms. The minimum absolute atomic E-state index is 0.0576. The van der Waals surface area contributed by atoms with Crippen LogP contribution in [0, 0.1) is 23.2 Å². The summed E-state index contributed by atoms with van der Waals surface area (Å²) in [5.41, 5.74) is 6.71. The number of allylic oxidation sites excluding steroid dienone is 3. The first kappa shape index (κ1) is 28.6. The molecule has 4 atom stereocenters. The summed E-state index contributed by atoms with van der Waals surface area (Å²) in [7, 11) is -3.39. The summed E-state index contributed by atoms with van der Waals surface area (Å²) < 4.78 is 28.0. The van der Waals surface area contributed by atoms with E-state index in [-0.39, 0.29) is 17.2 Å². The lowest BCUT2D eigenvalue weighted by Gasteiger charge is -2.37. The van der Waals surface area contributed by atoms with Gasteiger partial charge >= 0.3 is 7.82 Å². The number of fused-ring (bicyclic) bond motifs is 1. The van der Waals surface area contributed by atoms with E-state index in [9.17, 15) is 9.36 Å². The SMILES string of the molecule is C=C(c1ccccc1)[C@@]12CC[C@@H](C)[C@@H]1CC(CCCC(=O)N1CC[C@@H](COP3(=O)OCCO3)C1)=C2c1ccccc1. The number of phosphoric ester groups is 1. The summed E-state index contributed by atoms with van der Waals surface area (Å²) in [6.45, 7) is 9.42. The number of hydrogen-bond donors (Lipinski definition) is 0. The third-order valence-corrected chi connectivity index (χ3v) is 11.3. The van der Waals surface area contributed by atoms with Gasteiger partial charge in [-0.15, -0.1) is 0 Å². The molecule has 2 aliphatic heterocycles. The molecule has 1 amide bonds. The van der Waals surface area contributed by atoms with Crippen LogP contribution in [0.4, 0.5) is 0 Å². The topological polar surface area (TPSA) is 65.1 Å². The number of amides is 1. The smallest absolute Gasteiger partial charge is 0.342 e. The van der Waals surface area contributed by atoms with Crippen LogP contribution in [0.25, 0.3) is 11.1 Å². The molecule has 2 aromatic carbocycles. The van der Waals surface area contributed by atoms with Crippen molar-refractivity contribution in [2.75, 3.05) is 32.9 Å². The molecule has 2 aliphatic carbocycles. The fourth-order valence-electron chi connectivity index (χ4n) is 7.83. The standard InChI is InChI=1S/C34H42NO5P/c1-25-16-18-34(26(2)28-10-5-3-6-11-28)31(25)22-30(33(34)29-12-7-4-8-13-29)14-9-15-32(36)35-19-17-27(23-35)24-40-41(37)38-20-21-39-41/h3-8,10-13,25,27,31H,2,9,14-24H2,1H3/t25-,27-,31+,34+/m1/s1. The lowest BCUT2D eigenvalue weighted by molar-refractivity contribution is -0.130. The number of carbonyl (C=O) groups excluding carboxylic acids is 1. The second kappa shape index (κ2) is 12.0. The molecular weight excluding hydrogens is 533 g/mol. The van der Waals surface area contributed by atoms with Gasteiger partial charge < -0.3 is 4.90 Å².